The molecule has 0 aliphatic carbocycles. The Kier molecular flexibility index (Phi) is 12.1. The molecule has 0 aliphatic rings. The van der Waals surface area contributed by atoms with E-state index in [1.54, 1.807) is 54.9 Å². The van der Waals surface area contributed by atoms with Gasteiger partial charge >= 0.3 is 0 Å². The predicted molar refractivity (Wildman–Crippen MR) is 206 cm³/mol. The first-order valence-electron chi connectivity index (χ1n) is 17.5. The summed E-state index contributed by atoms with van der Waals surface area (Å²) in [7, 11) is 0. The minimum Gasteiger partial charge on any atom is -0.574 e. The first kappa shape index (κ1) is 39.2. The van der Waals surface area contributed by atoms with E-state index in [1.165, 1.54) is 60.7 Å². The van der Waals surface area contributed by atoms with Gasteiger partial charge in [-0.2, -0.15) is 24.3 Å². The van der Waals surface area contributed by atoms with Crippen LogP contribution in [0.4, 0.5) is 17.6 Å². The molecule has 0 spiro atoms. The van der Waals surface area contributed by atoms with Crippen LogP contribution in [0.15, 0.2) is 170 Å². The molecule has 0 bridgehead atoms. The number of rotatable bonds is 5. The summed E-state index contributed by atoms with van der Waals surface area (Å²) < 4.78 is 61.1. The van der Waals surface area contributed by atoms with Crippen molar-refractivity contribution in [2.45, 2.75) is 0 Å². The topological polar surface area (TPSA) is 57.5 Å². The van der Waals surface area contributed by atoms with Crippen LogP contribution in [0.2, 0.25) is 0 Å². The second kappa shape index (κ2) is 17.8. The third-order valence-corrected chi connectivity index (χ3v) is 8.63. The first-order valence-corrected chi connectivity index (χ1v) is 17.5. The average molecular weight is 947 g/mol. The molecule has 58 heavy (non-hydrogen) atoms. The zero-order valence-electron chi connectivity index (χ0n) is 30.1. The van der Waals surface area contributed by atoms with Crippen molar-refractivity contribution in [3.8, 4) is 34.1 Å². The molecule has 7 nitrogen and oxygen atoms in total. The van der Waals surface area contributed by atoms with E-state index in [9.17, 15) is 17.6 Å². The van der Waals surface area contributed by atoms with Gasteiger partial charge < -0.3 is 19.3 Å². The van der Waals surface area contributed by atoms with Gasteiger partial charge in [-0.3, -0.25) is 14.1 Å². The van der Waals surface area contributed by atoms with E-state index in [2.05, 4.69) is 40.0 Å². The van der Waals surface area contributed by atoms with E-state index in [0.717, 1.165) is 33.5 Å². The summed E-state index contributed by atoms with van der Waals surface area (Å²) in [6.07, 6.45) is 9.69. The fraction of sp³-hybridized carbons (Fsp3) is 0. The van der Waals surface area contributed by atoms with Gasteiger partial charge in [-0.15, -0.1) is 24.3 Å². The van der Waals surface area contributed by atoms with Gasteiger partial charge in [0.05, 0.1) is 33.4 Å². The summed E-state index contributed by atoms with van der Waals surface area (Å²) in [6.45, 7) is 0. The molecule has 4 heterocycles. The maximum Gasteiger partial charge on any atom is 0.268 e. The summed E-state index contributed by atoms with van der Waals surface area (Å²) in [5, 5.41) is 7.58. The quantitative estimate of drug-likeness (QED) is 0.0987. The van der Waals surface area contributed by atoms with Gasteiger partial charge in [0, 0.05) is 49.8 Å². The van der Waals surface area contributed by atoms with Crippen molar-refractivity contribution in [3.63, 3.8) is 0 Å². The van der Waals surface area contributed by atoms with Crippen LogP contribution in [0, 0.1) is 48.1 Å². The van der Waals surface area contributed by atoms with Gasteiger partial charge in [0.15, 0.2) is 0 Å². The number of nitrogens with zero attached hydrogens (tertiary/aromatic N) is 7. The molecular weight excluding hydrogens is 919 g/mol. The number of aromatic nitrogens is 7. The number of hydrogen-bond donors (Lipinski definition) is 0. The third kappa shape index (κ3) is 8.68. The Morgan fingerprint density at radius 1 is 0.500 bits per heavy atom. The van der Waals surface area contributed by atoms with Crippen molar-refractivity contribution in [1.29, 1.82) is 0 Å². The molecule has 0 aliphatic heterocycles. The summed E-state index contributed by atoms with van der Waals surface area (Å²) in [4.78, 5) is 4.12. The molecule has 287 valence electrons. The monoisotopic (exact) mass is 947 g/mol. The molecule has 10 rings (SSSR count). The number of hydrogen-bond acceptors (Lipinski definition) is 2. The Morgan fingerprint density at radius 3 is 1.45 bits per heavy atom. The van der Waals surface area contributed by atoms with Crippen molar-refractivity contribution in [3.05, 3.63) is 218 Å². The van der Waals surface area contributed by atoms with E-state index < -0.39 is 0 Å². The summed E-state index contributed by atoms with van der Waals surface area (Å²) in [5.74, 6) is -1.33. The third-order valence-electron chi connectivity index (χ3n) is 8.63. The van der Waals surface area contributed by atoms with E-state index in [-0.39, 0.29) is 43.4 Å². The number of para-hydroxylation sites is 4. The molecule has 0 amide bonds. The second-order valence-corrected chi connectivity index (χ2v) is 12.4. The fourth-order valence-corrected chi connectivity index (χ4v) is 6.09. The number of halogens is 4. The Labute approximate surface area is 344 Å². The SMILES string of the molecule is Fc1cc[c-]c(-n2[c-][n+](-c3cccc(F)c3)c3ccccc32)c1.Fc1cc[c-]c(-n2[c-][n+](-c3cccc(F)c3)c3ccccc32)c1.[Ir].c1ccc(-c2ccn[n-]2)nc1. The average Bonchev–Trinajstić information content (AvgIpc) is 4.01. The minimum absolute atomic E-state index is 0. The molecule has 0 fully saturated rings. The summed E-state index contributed by atoms with van der Waals surface area (Å²) in [6, 6.07) is 49.8. The van der Waals surface area contributed by atoms with Gasteiger partial charge in [-0.25, -0.2) is 17.6 Å². The zero-order chi connectivity index (χ0) is 39.1. The van der Waals surface area contributed by atoms with Crippen LogP contribution in [0.3, 0.4) is 0 Å². The van der Waals surface area contributed by atoms with E-state index in [1.807, 2.05) is 72.8 Å². The Bertz CT molecular complexity index is 2610. The van der Waals surface area contributed by atoms with Gasteiger partial charge in [0.2, 0.25) is 0 Å². The summed E-state index contributed by atoms with van der Waals surface area (Å²) >= 11 is 0. The van der Waals surface area contributed by atoms with E-state index in [4.69, 9.17) is 0 Å². The van der Waals surface area contributed by atoms with Crippen LogP contribution in [0.1, 0.15) is 0 Å². The molecule has 0 saturated heterocycles. The largest absolute Gasteiger partial charge is 0.574 e. The van der Waals surface area contributed by atoms with Crippen molar-refractivity contribution in [2.75, 3.05) is 0 Å². The maximum absolute atomic E-state index is 13.5. The fourth-order valence-electron chi connectivity index (χ4n) is 6.09. The molecule has 0 atom stereocenters. The molecule has 0 N–H and O–H groups in total. The molecule has 1 radical (unpaired) electrons. The van der Waals surface area contributed by atoms with Gasteiger partial charge in [-0.1, -0.05) is 78.5 Å². The van der Waals surface area contributed by atoms with Crippen molar-refractivity contribution in [2.24, 2.45) is 0 Å². The molecule has 6 aromatic carbocycles. The second-order valence-electron chi connectivity index (χ2n) is 12.4. The van der Waals surface area contributed by atoms with Gasteiger partial charge in [0.25, 0.3) is 12.7 Å². The van der Waals surface area contributed by atoms with Crippen LogP contribution in [0.5, 0.6) is 0 Å². The minimum atomic E-state index is -0.345. The van der Waals surface area contributed by atoms with Crippen LogP contribution in [-0.2, 0) is 20.1 Å². The molecule has 10 aromatic rings. The van der Waals surface area contributed by atoms with Crippen molar-refractivity contribution < 1.29 is 46.8 Å². The van der Waals surface area contributed by atoms with Crippen LogP contribution in [0.25, 0.3) is 56.2 Å². The van der Waals surface area contributed by atoms with Crippen molar-refractivity contribution in [1.82, 2.24) is 24.3 Å². The molecular formula is C46H28F4IrN7-3. The predicted octanol–water partition coefficient (Wildman–Crippen LogP) is 8.67. The standard InChI is InChI=1S/2C19H11F2N2.C8H6N3.Ir/c2*20-14-5-3-7-16(11-14)22-13-23(17-8-4-6-15(21)12-17)19-10-2-1-9-18(19)22;1-2-5-9-7(3-1)8-4-6-10-11-8;/h2*1-7,9-12H;1-6H;/q3*-1;. The van der Waals surface area contributed by atoms with Crippen LogP contribution in [-0.4, -0.2) is 19.2 Å². The number of pyridine rings is 1. The van der Waals surface area contributed by atoms with Gasteiger partial charge in [0.1, 0.15) is 11.6 Å². The van der Waals surface area contributed by atoms with Gasteiger partial charge in [-0.05, 0) is 59.9 Å². The Morgan fingerprint density at radius 2 is 1.00 bits per heavy atom. The number of benzene rings is 6. The van der Waals surface area contributed by atoms with E-state index in [0.29, 0.717) is 22.7 Å². The zero-order valence-corrected chi connectivity index (χ0v) is 32.5. The molecule has 0 unspecified atom stereocenters. The Hall–Kier alpha value is -7.01. The first-order chi connectivity index (χ1) is 27.9. The van der Waals surface area contributed by atoms with E-state index >= 15 is 0 Å². The van der Waals surface area contributed by atoms with Crippen LogP contribution < -0.4 is 14.2 Å². The molecule has 12 heteroatoms. The summed E-state index contributed by atoms with van der Waals surface area (Å²) in [5.41, 5.74) is 7.42. The smallest absolute Gasteiger partial charge is 0.268 e. The molecule has 4 aromatic heterocycles. The normalized spacial score (nSPS) is 10.6. The maximum atomic E-state index is 13.5. The number of imidazole rings is 2. The number of fused-ring (bicyclic) bond motifs is 2. The molecule has 0 saturated carbocycles. The van der Waals surface area contributed by atoms with Crippen molar-refractivity contribution >= 4 is 22.1 Å². The Balaban J connectivity index is 0.000000139. The van der Waals surface area contributed by atoms with Crippen LogP contribution >= 0.6 is 0 Å².